The zero-order valence-corrected chi connectivity index (χ0v) is 11.4. The van der Waals surface area contributed by atoms with Gasteiger partial charge in [0.1, 0.15) is 0 Å². The highest BCUT2D eigenvalue weighted by molar-refractivity contribution is 6.12. The SMILES string of the molecule is CN(C)C1=C(N(C)C)c2cccc3cccc1c23. The van der Waals surface area contributed by atoms with Crippen molar-refractivity contribution in [3.8, 4) is 0 Å². The van der Waals surface area contributed by atoms with Crippen molar-refractivity contribution >= 4 is 22.2 Å². The molecule has 0 heterocycles. The van der Waals surface area contributed by atoms with Gasteiger partial charge in [0.15, 0.2) is 0 Å². The maximum Gasteiger partial charge on any atom is 0.0685 e. The van der Waals surface area contributed by atoms with Crippen molar-refractivity contribution in [1.82, 2.24) is 9.80 Å². The van der Waals surface area contributed by atoms with E-state index in [0.717, 1.165) is 0 Å². The van der Waals surface area contributed by atoms with Crippen LogP contribution < -0.4 is 0 Å². The van der Waals surface area contributed by atoms with Crippen molar-refractivity contribution in [3.05, 3.63) is 47.5 Å². The summed E-state index contributed by atoms with van der Waals surface area (Å²) in [6.07, 6.45) is 0. The van der Waals surface area contributed by atoms with E-state index in [1.807, 2.05) is 0 Å². The van der Waals surface area contributed by atoms with E-state index < -0.39 is 0 Å². The number of rotatable bonds is 2. The molecule has 2 aromatic carbocycles. The molecule has 0 radical (unpaired) electrons. The molecular formula is C16H18N2. The third-order valence-corrected chi connectivity index (χ3v) is 3.53. The maximum absolute atomic E-state index is 2.22. The number of benzene rings is 2. The molecule has 0 aliphatic heterocycles. The molecule has 0 bridgehead atoms. The first kappa shape index (κ1) is 11.1. The van der Waals surface area contributed by atoms with Gasteiger partial charge in [-0.15, -0.1) is 0 Å². The van der Waals surface area contributed by atoms with Crippen LogP contribution in [0.5, 0.6) is 0 Å². The third-order valence-electron chi connectivity index (χ3n) is 3.53. The highest BCUT2D eigenvalue weighted by Crippen LogP contribution is 2.43. The summed E-state index contributed by atoms with van der Waals surface area (Å²) < 4.78 is 0. The lowest BCUT2D eigenvalue weighted by atomic mass is 10.0. The van der Waals surface area contributed by atoms with Crippen LogP contribution in [0.25, 0.3) is 22.2 Å². The molecule has 0 N–H and O–H groups in total. The predicted molar refractivity (Wildman–Crippen MR) is 78.1 cm³/mol. The van der Waals surface area contributed by atoms with Gasteiger partial charge in [-0.1, -0.05) is 36.4 Å². The second-order valence-electron chi connectivity index (χ2n) is 5.20. The van der Waals surface area contributed by atoms with Gasteiger partial charge in [0.25, 0.3) is 0 Å². The Balaban J connectivity index is 2.43. The van der Waals surface area contributed by atoms with Crippen LogP contribution in [0.3, 0.4) is 0 Å². The Hall–Kier alpha value is -1.96. The molecule has 0 amide bonds. The van der Waals surface area contributed by atoms with Gasteiger partial charge >= 0.3 is 0 Å². The van der Waals surface area contributed by atoms with Crippen LogP contribution >= 0.6 is 0 Å². The summed E-state index contributed by atoms with van der Waals surface area (Å²) in [6, 6.07) is 13.1. The Labute approximate surface area is 108 Å². The quantitative estimate of drug-likeness (QED) is 0.793. The van der Waals surface area contributed by atoms with Crippen molar-refractivity contribution < 1.29 is 0 Å². The first-order valence-electron chi connectivity index (χ1n) is 6.22. The monoisotopic (exact) mass is 238 g/mol. The van der Waals surface area contributed by atoms with Crippen LogP contribution in [0.2, 0.25) is 0 Å². The summed E-state index contributed by atoms with van der Waals surface area (Å²) in [5.41, 5.74) is 5.31. The van der Waals surface area contributed by atoms with Crippen LogP contribution in [-0.2, 0) is 0 Å². The Morgan fingerprint density at radius 2 is 1.11 bits per heavy atom. The van der Waals surface area contributed by atoms with Gasteiger partial charge in [0.05, 0.1) is 11.4 Å². The molecule has 18 heavy (non-hydrogen) atoms. The van der Waals surface area contributed by atoms with E-state index in [0.29, 0.717) is 0 Å². The predicted octanol–water partition coefficient (Wildman–Crippen LogP) is 3.10. The number of hydrogen-bond donors (Lipinski definition) is 0. The van der Waals surface area contributed by atoms with Crippen molar-refractivity contribution in [1.29, 1.82) is 0 Å². The minimum absolute atomic E-state index is 1.31. The van der Waals surface area contributed by atoms with E-state index in [9.17, 15) is 0 Å². The summed E-state index contributed by atoms with van der Waals surface area (Å²) in [5.74, 6) is 0. The summed E-state index contributed by atoms with van der Waals surface area (Å²) in [5, 5.41) is 2.70. The molecule has 1 aliphatic carbocycles. The second-order valence-corrected chi connectivity index (χ2v) is 5.20. The molecule has 0 fully saturated rings. The lowest BCUT2D eigenvalue weighted by molar-refractivity contribution is 0.556. The van der Waals surface area contributed by atoms with E-state index in [-0.39, 0.29) is 0 Å². The Bertz CT molecular complexity index is 598. The molecule has 0 atom stereocenters. The van der Waals surface area contributed by atoms with Crippen LogP contribution in [0.1, 0.15) is 11.1 Å². The minimum Gasteiger partial charge on any atom is -0.375 e. The molecule has 2 aromatic rings. The topological polar surface area (TPSA) is 6.48 Å². The molecule has 2 heteroatoms. The maximum atomic E-state index is 2.22. The molecule has 0 saturated carbocycles. The summed E-state index contributed by atoms with van der Waals surface area (Å²) in [4.78, 5) is 4.42. The highest BCUT2D eigenvalue weighted by Gasteiger charge is 2.26. The van der Waals surface area contributed by atoms with Gasteiger partial charge in [-0.25, -0.2) is 0 Å². The highest BCUT2D eigenvalue weighted by atomic mass is 15.1. The third kappa shape index (κ3) is 1.35. The molecule has 0 saturated heterocycles. The average molecular weight is 238 g/mol. The van der Waals surface area contributed by atoms with Gasteiger partial charge in [-0.05, 0) is 5.39 Å². The largest absolute Gasteiger partial charge is 0.375 e. The molecule has 0 aromatic heterocycles. The summed E-state index contributed by atoms with van der Waals surface area (Å²) in [6.45, 7) is 0. The lowest BCUT2D eigenvalue weighted by Crippen LogP contribution is -2.16. The second kappa shape index (κ2) is 3.77. The van der Waals surface area contributed by atoms with Crippen LogP contribution in [0.15, 0.2) is 36.4 Å². The van der Waals surface area contributed by atoms with E-state index >= 15 is 0 Å². The molecule has 2 nitrogen and oxygen atoms in total. The summed E-state index contributed by atoms with van der Waals surface area (Å²) in [7, 11) is 8.46. The fourth-order valence-electron chi connectivity index (χ4n) is 2.90. The minimum atomic E-state index is 1.31. The van der Waals surface area contributed by atoms with Gasteiger partial charge in [0, 0.05) is 44.7 Å². The van der Waals surface area contributed by atoms with Gasteiger partial charge < -0.3 is 9.80 Å². The molecule has 92 valence electrons. The smallest absolute Gasteiger partial charge is 0.0685 e. The van der Waals surface area contributed by atoms with E-state index in [1.165, 1.54) is 33.3 Å². The first-order valence-corrected chi connectivity index (χ1v) is 6.22. The Kier molecular flexibility index (Phi) is 2.34. The van der Waals surface area contributed by atoms with Crippen molar-refractivity contribution in [2.45, 2.75) is 0 Å². The zero-order chi connectivity index (χ0) is 12.9. The van der Waals surface area contributed by atoms with Crippen molar-refractivity contribution in [2.24, 2.45) is 0 Å². The van der Waals surface area contributed by atoms with Gasteiger partial charge in [-0.3, -0.25) is 0 Å². The van der Waals surface area contributed by atoms with Crippen LogP contribution in [-0.4, -0.2) is 38.0 Å². The molecule has 3 rings (SSSR count). The van der Waals surface area contributed by atoms with E-state index in [4.69, 9.17) is 0 Å². The Morgan fingerprint density at radius 3 is 1.50 bits per heavy atom. The standard InChI is InChI=1S/C16H18N2/c1-17(2)15-12-9-5-7-11-8-6-10-13(14(11)12)16(15)18(3)4/h5-10H,1-4H3. The van der Waals surface area contributed by atoms with E-state index in [1.54, 1.807) is 0 Å². The van der Waals surface area contributed by atoms with Crippen LogP contribution in [0, 0.1) is 0 Å². The Morgan fingerprint density at radius 1 is 0.667 bits per heavy atom. The van der Waals surface area contributed by atoms with Crippen LogP contribution in [0.4, 0.5) is 0 Å². The lowest BCUT2D eigenvalue weighted by Gasteiger charge is -2.22. The van der Waals surface area contributed by atoms with E-state index in [2.05, 4.69) is 74.4 Å². The number of nitrogens with zero attached hydrogens (tertiary/aromatic N) is 2. The number of hydrogen-bond acceptors (Lipinski definition) is 2. The fourth-order valence-corrected chi connectivity index (χ4v) is 2.90. The molecule has 0 spiro atoms. The normalized spacial score (nSPS) is 13.3. The molecule has 1 aliphatic rings. The molecular weight excluding hydrogens is 220 g/mol. The average Bonchev–Trinajstić information content (AvgIpc) is 2.67. The van der Waals surface area contributed by atoms with Crippen molar-refractivity contribution in [2.75, 3.05) is 28.2 Å². The molecule has 0 unspecified atom stereocenters. The zero-order valence-electron chi connectivity index (χ0n) is 11.4. The first-order chi connectivity index (χ1) is 8.61. The fraction of sp³-hybridized carbons (Fsp3) is 0.250. The summed E-state index contributed by atoms with van der Waals surface area (Å²) >= 11 is 0. The van der Waals surface area contributed by atoms with Gasteiger partial charge in [-0.2, -0.15) is 0 Å². The van der Waals surface area contributed by atoms with Gasteiger partial charge in [0.2, 0.25) is 0 Å². The van der Waals surface area contributed by atoms with Crippen molar-refractivity contribution in [3.63, 3.8) is 0 Å².